The molecule has 246 valence electrons. The van der Waals surface area contributed by atoms with Gasteiger partial charge in [0.05, 0.1) is 22.4 Å². The van der Waals surface area contributed by atoms with Crippen LogP contribution in [0, 0.1) is 11.6 Å². The maximum atomic E-state index is 14.6. The van der Waals surface area contributed by atoms with Gasteiger partial charge in [0.15, 0.2) is 0 Å². The molecule has 0 atom stereocenters. The van der Waals surface area contributed by atoms with Crippen LogP contribution in [0.25, 0.3) is 88.8 Å². The standard InChI is InChI=1S/C48H30F2N2/c49-39-15-7-13-37(27-39)45-29-43(35-21-17-33(18-22-35)31-9-3-1-4-10-31)41-25-26-42-44(36-23-19-34(20-24-36)32-11-5-2-6-12-32)30-46(52-48(42)47(41)51-45)38-14-8-16-40(50)28-38/h1-30H. The number of benzene rings is 7. The molecule has 0 unspecified atom stereocenters. The second-order valence-electron chi connectivity index (χ2n) is 12.9. The molecule has 9 rings (SSSR count). The van der Waals surface area contributed by atoms with E-state index in [2.05, 4.69) is 84.9 Å². The predicted octanol–water partition coefficient (Wildman–Crippen LogP) is 13.1. The number of fused-ring (bicyclic) bond motifs is 3. The zero-order valence-corrected chi connectivity index (χ0v) is 28.0. The molecule has 52 heavy (non-hydrogen) atoms. The summed E-state index contributed by atoms with van der Waals surface area (Å²) >= 11 is 0. The molecular formula is C48H30F2N2. The van der Waals surface area contributed by atoms with Gasteiger partial charge in [0.25, 0.3) is 0 Å². The van der Waals surface area contributed by atoms with Crippen molar-refractivity contribution < 1.29 is 8.78 Å². The fourth-order valence-corrected chi connectivity index (χ4v) is 6.99. The van der Waals surface area contributed by atoms with E-state index < -0.39 is 0 Å². The molecule has 0 radical (unpaired) electrons. The van der Waals surface area contributed by atoms with Crippen LogP contribution in [0.15, 0.2) is 182 Å². The highest BCUT2D eigenvalue weighted by Crippen LogP contribution is 2.40. The SMILES string of the molecule is Fc1cccc(-c2cc(-c3ccc(-c4ccccc4)cc3)c3ccc4c(-c5ccc(-c6ccccc6)cc5)cc(-c5cccc(F)c5)nc4c3n2)c1. The molecule has 2 nitrogen and oxygen atoms in total. The Hall–Kier alpha value is -6.78. The van der Waals surface area contributed by atoms with Crippen LogP contribution in [0.1, 0.15) is 0 Å². The molecule has 4 heteroatoms. The predicted molar refractivity (Wildman–Crippen MR) is 210 cm³/mol. The molecule has 2 aromatic heterocycles. The molecule has 9 aromatic rings. The highest BCUT2D eigenvalue weighted by molar-refractivity contribution is 6.13. The van der Waals surface area contributed by atoms with E-state index in [0.717, 1.165) is 55.3 Å². The number of hydrogen-bond donors (Lipinski definition) is 0. The third-order valence-electron chi connectivity index (χ3n) is 9.60. The zero-order chi connectivity index (χ0) is 35.0. The Morgan fingerprint density at radius 3 is 1.02 bits per heavy atom. The smallest absolute Gasteiger partial charge is 0.123 e. The highest BCUT2D eigenvalue weighted by Gasteiger charge is 2.18. The quantitative estimate of drug-likeness (QED) is 0.164. The third kappa shape index (κ3) is 5.91. The van der Waals surface area contributed by atoms with Crippen molar-refractivity contribution in [3.05, 3.63) is 194 Å². The average Bonchev–Trinajstić information content (AvgIpc) is 3.21. The third-order valence-corrected chi connectivity index (χ3v) is 9.60. The van der Waals surface area contributed by atoms with Gasteiger partial charge in [0.2, 0.25) is 0 Å². The van der Waals surface area contributed by atoms with Gasteiger partial charge in [-0.2, -0.15) is 0 Å². The van der Waals surface area contributed by atoms with E-state index in [4.69, 9.17) is 9.97 Å². The monoisotopic (exact) mass is 672 g/mol. The van der Waals surface area contributed by atoms with Crippen molar-refractivity contribution >= 4 is 21.8 Å². The van der Waals surface area contributed by atoms with Gasteiger partial charge in [-0.15, -0.1) is 0 Å². The lowest BCUT2D eigenvalue weighted by Gasteiger charge is -2.16. The topological polar surface area (TPSA) is 25.8 Å². The van der Waals surface area contributed by atoms with Gasteiger partial charge >= 0.3 is 0 Å². The average molecular weight is 673 g/mol. The Labute approximate surface area is 300 Å². The van der Waals surface area contributed by atoms with Crippen LogP contribution in [0.2, 0.25) is 0 Å². The molecule has 0 saturated heterocycles. The first-order valence-electron chi connectivity index (χ1n) is 17.2. The summed E-state index contributed by atoms with van der Waals surface area (Å²) in [4.78, 5) is 10.4. The minimum atomic E-state index is -0.334. The van der Waals surface area contributed by atoms with E-state index in [9.17, 15) is 8.78 Å². The number of pyridine rings is 2. The van der Waals surface area contributed by atoms with Gasteiger partial charge in [0, 0.05) is 21.9 Å². The lowest BCUT2D eigenvalue weighted by atomic mass is 9.92. The second kappa shape index (κ2) is 13.2. The van der Waals surface area contributed by atoms with Crippen molar-refractivity contribution in [2.75, 3.05) is 0 Å². The molecule has 7 aromatic carbocycles. The van der Waals surface area contributed by atoms with E-state index in [-0.39, 0.29) is 11.6 Å². The number of nitrogens with zero attached hydrogens (tertiary/aromatic N) is 2. The minimum Gasteiger partial charge on any atom is -0.245 e. The van der Waals surface area contributed by atoms with Gasteiger partial charge in [-0.1, -0.05) is 146 Å². The fraction of sp³-hybridized carbons (Fsp3) is 0. The van der Waals surface area contributed by atoms with Crippen LogP contribution in [-0.4, -0.2) is 9.97 Å². The Morgan fingerprint density at radius 1 is 0.288 bits per heavy atom. The van der Waals surface area contributed by atoms with Gasteiger partial charge in [-0.3, -0.25) is 0 Å². The van der Waals surface area contributed by atoms with E-state index in [0.29, 0.717) is 33.5 Å². The summed E-state index contributed by atoms with van der Waals surface area (Å²) in [6, 6.07) is 58.8. The van der Waals surface area contributed by atoms with Crippen molar-refractivity contribution in [2.24, 2.45) is 0 Å². The van der Waals surface area contributed by atoms with E-state index in [1.54, 1.807) is 12.1 Å². The molecule has 0 bridgehead atoms. The summed E-state index contributed by atoms with van der Waals surface area (Å²) in [6.07, 6.45) is 0. The van der Waals surface area contributed by atoms with Gasteiger partial charge in [-0.05, 0) is 80.9 Å². The van der Waals surface area contributed by atoms with Crippen molar-refractivity contribution in [2.45, 2.75) is 0 Å². The van der Waals surface area contributed by atoms with Gasteiger partial charge < -0.3 is 0 Å². The van der Waals surface area contributed by atoms with E-state index >= 15 is 0 Å². The molecule has 0 N–H and O–H groups in total. The van der Waals surface area contributed by atoms with E-state index in [1.807, 2.05) is 60.7 Å². The molecule has 0 aliphatic carbocycles. The number of aromatic nitrogens is 2. The van der Waals surface area contributed by atoms with Crippen LogP contribution in [0.5, 0.6) is 0 Å². The molecular weight excluding hydrogens is 643 g/mol. The Bertz CT molecular complexity index is 2530. The number of halogens is 2. The lowest BCUT2D eigenvalue weighted by Crippen LogP contribution is -1.96. The number of rotatable bonds is 6. The molecule has 0 amide bonds. The molecule has 0 aliphatic rings. The summed E-state index contributed by atoms with van der Waals surface area (Å²) in [5.41, 5.74) is 12.4. The van der Waals surface area contributed by atoms with Crippen molar-refractivity contribution in [3.8, 4) is 67.0 Å². The molecule has 0 fully saturated rings. The normalized spacial score (nSPS) is 11.3. The van der Waals surface area contributed by atoms with Crippen LogP contribution in [-0.2, 0) is 0 Å². The van der Waals surface area contributed by atoms with Crippen molar-refractivity contribution in [1.29, 1.82) is 0 Å². The largest absolute Gasteiger partial charge is 0.245 e. The Balaban J connectivity index is 1.30. The Morgan fingerprint density at radius 2 is 0.635 bits per heavy atom. The van der Waals surface area contributed by atoms with Crippen LogP contribution in [0.4, 0.5) is 8.78 Å². The van der Waals surface area contributed by atoms with Crippen LogP contribution in [0.3, 0.4) is 0 Å². The summed E-state index contributed by atoms with van der Waals surface area (Å²) in [6.45, 7) is 0. The van der Waals surface area contributed by atoms with E-state index in [1.165, 1.54) is 24.3 Å². The highest BCUT2D eigenvalue weighted by atomic mass is 19.1. The first-order valence-corrected chi connectivity index (χ1v) is 17.2. The summed E-state index contributed by atoms with van der Waals surface area (Å²) in [5.74, 6) is -0.669. The van der Waals surface area contributed by atoms with Crippen LogP contribution < -0.4 is 0 Å². The molecule has 0 saturated carbocycles. The van der Waals surface area contributed by atoms with Gasteiger partial charge in [0.1, 0.15) is 11.6 Å². The Kier molecular flexibility index (Phi) is 7.90. The fourth-order valence-electron chi connectivity index (χ4n) is 6.99. The summed E-state index contributed by atoms with van der Waals surface area (Å²) < 4.78 is 29.3. The minimum absolute atomic E-state index is 0.334. The summed E-state index contributed by atoms with van der Waals surface area (Å²) in [5, 5.41) is 1.82. The lowest BCUT2D eigenvalue weighted by molar-refractivity contribution is 0.628. The first kappa shape index (κ1) is 31.2. The molecule has 0 aliphatic heterocycles. The number of hydrogen-bond acceptors (Lipinski definition) is 2. The van der Waals surface area contributed by atoms with Crippen LogP contribution >= 0.6 is 0 Å². The molecule has 2 heterocycles. The zero-order valence-electron chi connectivity index (χ0n) is 28.0. The van der Waals surface area contributed by atoms with Crippen molar-refractivity contribution in [3.63, 3.8) is 0 Å². The maximum absolute atomic E-state index is 14.6. The summed E-state index contributed by atoms with van der Waals surface area (Å²) in [7, 11) is 0. The van der Waals surface area contributed by atoms with Gasteiger partial charge in [-0.25, -0.2) is 18.7 Å². The second-order valence-corrected chi connectivity index (χ2v) is 12.9. The maximum Gasteiger partial charge on any atom is 0.123 e. The van der Waals surface area contributed by atoms with Crippen molar-refractivity contribution in [1.82, 2.24) is 9.97 Å². The molecule has 0 spiro atoms. The first-order chi connectivity index (χ1) is 25.6.